The van der Waals surface area contributed by atoms with Crippen LogP contribution in [0.15, 0.2) is 0 Å². The van der Waals surface area contributed by atoms with E-state index in [0.29, 0.717) is 0 Å². The zero-order chi connectivity index (χ0) is 9.00. The first-order valence-corrected chi connectivity index (χ1v) is 15.7. The number of hydrogen-bond acceptors (Lipinski definition) is 0. The molecular formula is Al2Cl8Cu. The molecule has 0 aliphatic rings. The van der Waals surface area contributed by atoms with Crippen LogP contribution in [0.5, 0.6) is 0 Å². The Hall–Kier alpha value is 3.90. The monoisotopic (exact) mass is 397 g/mol. The maximum absolute atomic E-state index is 4.99. The zero-order valence-electron chi connectivity index (χ0n) is 4.48. The van der Waals surface area contributed by atoms with Crippen molar-refractivity contribution >= 4 is 99.2 Å². The van der Waals surface area contributed by atoms with Gasteiger partial charge in [0.05, 0.1) is 0 Å². The molecule has 0 bridgehead atoms. The van der Waals surface area contributed by atoms with Crippen LogP contribution in [-0.2, 0) is 17.1 Å². The first-order chi connectivity index (χ1) is 4.00. The van der Waals surface area contributed by atoms with Gasteiger partial charge < -0.3 is 80.4 Å². The molecule has 0 fully saturated rings. The average molecular weight is 401 g/mol. The SMILES string of the molecule is [Cl][Al-]([Cl])([Cl])[Cl].[Cl][Al-]([Cl])([Cl])[Cl].[Cu+2]. The van der Waals surface area contributed by atoms with Crippen molar-refractivity contribution in [1.29, 1.82) is 0 Å². The number of hydrogen-bond donors (Lipinski definition) is 0. The molecule has 0 N–H and O–H groups in total. The molecule has 11 heavy (non-hydrogen) atoms. The summed E-state index contributed by atoms with van der Waals surface area (Å²) in [5.41, 5.74) is 0. The van der Waals surface area contributed by atoms with Gasteiger partial charge in [0.15, 0.2) is 0 Å². The molecule has 0 atom stereocenters. The Balaban J connectivity index is -0.000000107. The van der Waals surface area contributed by atoms with Crippen molar-refractivity contribution < 1.29 is 17.1 Å². The van der Waals surface area contributed by atoms with Crippen molar-refractivity contribution in [1.82, 2.24) is 0 Å². The van der Waals surface area contributed by atoms with Gasteiger partial charge in [0, 0.05) is 0 Å². The Labute approximate surface area is 114 Å². The molecule has 0 amide bonds. The maximum Gasteiger partial charge on any atom is 2.00 e. The van der Waals surface area contributed by atoms with Crippen LogP contribution in [0.2, 0.25) is 0 Å². The van der Waals surface area contributed by atoms with E-state index in [-0.39, 0.29) is 17.1 Å². The van der Waals surface area contributed by atoms with Crippen molar-refractivity contribution in [2.75, 3.05) is 0 Å². The molecule has 73 valence electrons. The second-order valence-corrected chi connectivity index (χ2v) is 26.7. The second-order valence-electron chi connectivity index (χ2n) is 0.990. The van der Waals surface area contributed by atoms with Gasteiger partial charge in [-0.3, -0.25) is 0 Å². The summed E-state index contributed by atoms with van der Waals surface area (Å²) in [4.78, 5) is 0. The van der Waals surface area contributed by atoms with Gasteiger partial charge in [0.1, 0.15) is 0 Å². The Morgan fingerprint density at radius 2 is 0.455 bits per heavy atom. The van der Waals surface area contributed by atoms with Crippen LogP contribution in [0.25, 0.3) is 0 Å². The van der Waals surface area contributed by atoms with Crippen LogP contribution in [0, 0.1) is 0 Å². The van der Waals surface area contributed by atoms with Crippen molar-refractivity contribution in [3.63, 3.8) is 0 Å². The molecular weight excluding hydrogens is 401 g/mol. The maximum atomic E-state index is 4.99. The molecule has 0 nitrogen and oxygen atoms in total. The molecule has 0 unspecified atom stereocenters. The van der Waals surface area contributed by atoms with Crippen LogP contribution in [0.1, 0.15) is 0 Å². The van der Waals surface area contributed by atoms with Gasteiger partial charge in [-0.2, -0.15) is 0 Å². The van der Waals surface area contributed by atoms with Crippen molar-refractivity contribution in [2.45, 2.75) is 0 Å². The van der Waals surface area contributed by atoms with Crippen molar-refractivity contribution in [3.8, 4) is 0 Å². The predicted molar refractivity (Wildman–Crippen MR) is 58.3 cm³/mol. The van der Waals surface area contributed by atoms with Gasteiger partial charge in [0.25, 0.3) is 0 Å². The molecule has 0 spiro atoms. The molecule has 0 saturated heterocycles. The molecule has 0 aliphatic heterocycles. The fraction of sp³-hybridized carbons (Fsp3) is 0. The minimum Gasteiger partial charge on any atom is -0.391 e. The minimum absolute atomic E-state index is 0. The topological polar surface area (TPSA) is 0 Å². The minimum atomic E-state index is -2.94. The quantitative estimate of drug-likeness (QED) is 0.514. The van der Waals surface area contributed by atoms with Gasteiger partial charge in [-0.1, -0.05) is 0 Å². The fourth-order valence-corrected chi connectivity index (χ4v) is 0. The molecule has 0 rings (SSSR count). The van der Waals surface area contributed by atoms with Crippen molar-refractivity contribution in [2.24, 2.45) is 0 Å². The third-order valence-electron chi connectivity index (χ3n) is 0. The molecule has 0 heterocycles. The Morgan fingerprint density at radius 3 is 0.455 bits per heavy atom. The molecule has 1 radical (unpaired) electrons. The van der Waals surface area contributed by atoms with Crippen LogP contribution < -0.4 is 0 Å². The van der Waals surface area contributed by atoms with E-state index in [9.17, 15) is 0 Å². The summed E-state index contributed by atoms with van der Waals surface area (Å²) in [5.74, 6) is 0. The van der Waals surface area contributed by atoms with Gasteiger partial charge in [0.2, 0.25) is 0 Å². The summed E-state index contributed by atoms with van der Waals surface area (Å²) in [7, 11) is 34.1. The first kappa shape index (κ1) is 20.3. The normalized spacial score (nSPS) is 10.9. The van der Waals surface area contributed by atoms with Crippen LogP contribution in [0.4, 0.5) is 0 Å². The number of halogens is 8. The number of rotatable bonds is 0. The average Bonchev–Trinajstić information content (AvgIpc) is 1.12. The molecule has 0 aliphatic carbocycles. The van der Waals surface area contributed by atoms with Crippen LogP contribution >= 0.6 is 80.4 Å². The fourth-order valence-electron chi connectivity index (χ4n) is 0. The Kier molecular flexibility index (Phi) is 16.9. The van der Waals surface area contributed by atoms with E-state index in [1.807, 2.05) is 0 Å². The van der Waals surface area contributed by atoms with E-state index >= 15 is 0 Å². The van der Waals surface area contributed by atoms with Crippen LogP contribution in [0.3, 0.4) is 0 Å². The van der Waals surface area contributed by atoms with Gasteiger partial charge >= 0.3 is 35.9 Å². The van der Waals surface area contributed by atoms with Gasteiger partial charge in [-0.05, 0) is 0 Å². The van der Waals surface area contributed by atoms with E-state index in [1.165, 1.54) is 0 Å². The van der Waals surface area contributed by atoms with Crippen molar-refractivity contribution in [3.05, 3.63) is 0 Å². The Morgan fingerprint density at radius 1 is 0.455 bits per heavy atom. The van der Waals surface area contributed by atoms with E-state index < -0.39 is 18.8 Å². The largest absolute Gasteiger partial charge is 2.00 e. The summed E-state index contributed by atoms with van der Waals surface area (Å²) in [6.07, 6.45) is 0. The van der Waals surface area contributed by atoms with Gasteiger partial charge in [-0.25, -0.2) is 0 Å². The summed E-state index contributed by atoms with van der Waals surface area (Å²) in [6, 6.07) is 0. The molecule has 0 aromatic heterocycles. The third kappa shape index (κ3) is 129. The predicted octanol–water partition coefficient (Wildman–Crippen LogP) is 4.75. The van der Waals surface area contributed by atoms with E-state index in [0.717, 1.165) is 0 Å². The smallest absolute Gasteiger partial charge is 0.391 e. The summed E-state index contributed by atoms with van der Waals surface area (Å²) in [5, 5.41) is 0. The first-order valence-electron chi connectivity index (χ1n) is 1.75. The standard InChI is InChI=1S/2Al.8ClH.Cu/h;;8*1H;/q2*+3;;;;;;;;;+2/p-8. The van der Waals surface area contributed by atoms with E-state index in [2.05, 4.69) is 0 Å². The molecule has 0 saturated carbocycles. The van der Waals surface area contributed by atoms with Gasteiger partial charge in [-0.15, -0.1) is 0 Å². The van der Waals surface area contributed by atoms with E-state index in [4.69, 9.17) is 80.4 Å². The molecule has 0 aromatic carbocycles. The molecule has 11 heteroatoms. The van der Waals surface area contributed by atoms with Crippen LogP contribution in [-0.4, -0.2) is 18.8 Å². The summed E-state index contributed by atoms with van der Waals surface area (Å²) in [6.45, 7) is 0. The second kappa shape index (κ2) is 9.15. The molecule has 0 aromatic rings. The summed E-state index contributed by atoms with van der Waals surface area (Å²) < 4.78 is 0. The zero-order valence-corrected chi connectivity index (χ0v) is 13.8. The Bertz CT molecular complexity index is 55.1. The third-order valence-corrected chi connectivity index (χ3v) is 0. The summed E-state index contributed by atoms with van der Waals surface area (Å²) >= 11 is 0. The van der Waals surface area contributed by atoms with E-state index in [1.54, 1.807) is 0 Å².